The molecule has 0 spiro atoms. The Balaban J connectivity index is 3.12. The van der Waals surface area contributed by atoms with E-state index in [9.17, 15) is 24.3 Å². The number of phenols is 1. The number of carbonyl (C=O) groups excluding carboxylic acids is 4. The molecule has 9 nitrogen and oxygen atoms in total. The summed E-state index contributed by atoms with van der Waals surface area (Å²) in [6.45, 7) is 18.6. The molecule has 0 aliphatic rings. The lowest BCUT2D eigenvalue weighted by molar-refractivity contribution is -0.178. The molecule has 0 aliphatic carbocycles. The number of esters is 4. The van der Waals surface area contributed by atoms with Gasteiger partial charge < -0.3 is 24.1 Å². The SMILES string of the molecule is CCC(CC(CC(C)c1ccc(O)cc1)C(=O)OC(C)(C)C)C(=O)OCC(C(=O)OC(C)(C)C)C(=O)OC(C)(C)C. The van der Waals surface area contributed by atoms with E-state index in [0.29, 0.717) is 12.8 Å². The first-order valence-corrected chi connectivity index (χ1v) is 14.3. The van der Waals surface area contributed by atoms with Gasteiger partial charge in [0.1, 0.15) is 29.2 Å². The van der Waals surface area contributed by atoms with Crippen LogP contribution in [-0.2, 0) is 38.1 Å². The first-order valence-electron chi connectivity index (χ1n) is 14.3. The predicted octanol–water partition coefficient (Wildman–Crippen LogP) is 6.10. The zero-order valence-corrected chi connectivity index (χ0v) is 26.7. The number of hydrogen-bond acceptors (Lipinski definition) is 9. The van der Waals surface area contributed by atoms with E-state index in [0.717, 1.165) is 5.56 Å². The van der Waals surface area contributed by atoms with E-state index in [1.54, 1.807) is 93.5 Å². The van der Waals surface area contributed by atoms with Crippen LogP contribution in [0.3, 0.4) is 0 Å². The topological polar surface area (TPSA) is 125 Å². The van der Waals surface area contributed by atoms with Crippen LogP contribution < -0.4 is 0 Å². The Kier molecular flexibility index (Phi) is 12.9. The van der Waals surface area contributed by atoms with Crippen LogP contribution in [0.2, 0.25) is 0 Å². The van der Waals surface area contributed by atoms with E-state index in [2.05, 4.69) is 0 Å². The Hall–Kier alpha value is -3.10. The maximum absolute atomic E-state index is 13.2. The summed E-state index contributed by atoms with van der Waals surface area (Å²) in [7, 11) is 0. The molecule has 3 unspecified atom stereocenters. The number of carbonyl (C=O) groups is 4. The number of rotatable bonds is 12. The van der Waals surface area contributed by atoms with Gasteiger partial charge in [-0.3, -0.25) is 19.2 Å². The smallest absolute Gasteiger partial charge is 0.324 e. The minimum atomic E-state index is -1.45. The molecule has 0 saturated carbocycles. The van der Waals surface area contributed by atoms with E-state index in [1.165, 1.54) is 0 Å². The Labute approximate surface area is 245 Å². The Bertz CT molecular complexity index is 995. The fourth-order valence-electron chi connectivity index (χ4n) is 4.07. The van der Waals surface area contributed by atoms with Crippen molar-refractivity contribution in [3.8, 4) is 5.75 Å². The second-order valence-corrected chi connectivity index (χ2v) is 13.5. The van der Waals surface area contributed by atoms with Gasteiger partial charge in [0.25, 0.3) is 0 Å². The van der Waals surface area contributed by atoms with Crippen molar-refractivity contribution in [2.24, 2.45) is 17.8 Å². The van der Waals surface area contributed by atoms with Crippen LogP contribution in [0.25, 0.3) is 0 Å². The van der Waals surface area contributed by atoms with Crippen LogP contribution in [0.15, 0.2) is 24.3 Å². The summed E-state index contributed by atoms with van der Waals surface area (Å²) in [5, 5.41) is 9.63. The third-order valence-corrected chi connectivity index (χ3v) is 6.01. The second kappa shape index (κ2) is 14.7. The van der Waals surface area contributed by atoms with Crippen LogP contribution in [0, 0.1) is 17.8 Å². The Morgan fingerprint density at radius 2 is 1.12 bits per heavy atom. The summed E-state index contributed by atoms with van der Waals surface area (Å²) < 4.78 is 21.9. The van der Waals surface area contributed by atoms with Gasteiger partial charge in [0.2, 0.25) is 0 Å². The highest BCUT2D eigenvalue weighted by Gasteiger charge is 2.37. The summed E-state index contributed by atoms with van der Waals surface area (Å²) in [4.78, 5) is 52.1. The second-order valence-electron chi connectivity index (χ2n) is 13.5. The van der Waals surface area contributed by atoms with E-state index >= 15 is 0 Å². The van der Waals surface area contributed by atoms with Crippen molar-refractivity contribution in [2.45, 2.75) is 118 Å². The maximum atomic E-state index is 13.2. The van der Waals surface area contributed by atoms with Crippen molar-refractivity contribution < 1.29 is 43.2 Å². The van der Waals surface area contributed by atoms with Gasteiger partial charge >= 0.3 is 23.9 Å². The average Bonchev–Trinajstić information content (AvgIpc) is 2.78. The highest BCUT2D eigenvalue weighted by atomic mass is 16.6. The molecular formula is C32H50O9. The molecule has 0 radical (unpaired) electrons. The Morgan fingerprint density at radius 1 is 0.683 bits per heavy atom. The van der Waals surface area contributed by atoms with Gasteiger partial charge in [-0.05, 0) is 105 Å². The van der Waals surface area contributed by atoms with Crippen molar-refractivity contribution in [3.05, 3.63) is 29.8 Å². The molecule has 41 heavy (non-hydrogen) atoms. The quantitative estimate of drug-likeness (QED) is 0.178. The van der Waals surface area contributed by atoms with Gasteiger partial charge in [-0.1, -0.05) is 26.0 Å². The molecule has 232 valence electrons. The number of aromatic hydroxyl groups is 1. The zero-order chi connectivity index (χ0) is 31.8. The van der Waals surface area contributed by atoms with Crippen LogP contribution in [0.4, 0.5) is 0 Å². The maximum Gasteiger partial charge on any atom is 0.324 e. The number of benzene rings is 1. The van der Waals surface area contributed by atoms with Crippen LogP contribution >= 0.6 is 0 Å². The van der Waals surface area contributed by atoms with Gasteiger partial charge in [-0.15, -0.1) is 0 Å². The lowest BCUT2D eigenvalue weighted by Crippen LogP contribution is -2.40. The first-order chi connectivity index (χ1) is 18.6. The molecule has 3 atom stereocenters. The van der Waals surface area contributed by atoms with Gasteiger partial charge in [0, 0.05) is 0 Å². The van der Waals surface area contributed by atoms with Crippen LogP contribution in [0.5, 0.6) is 5.75 Å². The summed E-state index contributed by atoms with van der Waals surface area (Å²) in [6, 6.07) is 6.77. The molecule has 0 saturated heterocycles. The summed E-state index contributed by atoms with van der Waals surface area (Å²) in [6.07, 6.45) is 0.938. The molecule has 1 aromatic rings. The fourth-order valence-corrected chi connectivity index (χ4v) is 4.07. The molecule has 0 aromatic heterocycles. The van der Waals surface area contributed by atoms with E-state index in [-0.39, 0.29) is 18.1 Å². The molecule has 0 amide bonds. The van der Waals surface area contributed by atoms with E-state index < -0.39 is 65.0 Å². The number of hydrogen-bond donors (Lipinski definition) is 1. The first kappa shape index (κ1) is 35.9. The highest BCUT2D eigenvalue weighted by Crippen LogP contribution is 2.31. The third kappa shape index (κ3) is 13.9. The van der Waals surface area contributed by atoms with Crippen molar-refractivity contribution in [1.29, 1.82) is 0 Å². The van der Waals surface area contributed by atoms with E-state index in [4.69, 9.17) is 18.9 Å². The lowest BCUT2D eigenvalue weighted by atomic mass is 9.84. The van der Waals surface area contributed by atoms with Crippen molar-refractivity contribution in [3.63, 3.8) is 0 Å². The molecule has 1 rings (SSSR count). The Morgan fingerprint density at radius 3 is 1.54 bits per heavy atom. The van der Waals surface area contributed by atoms with E-state index in [1.807, 2.05) is 6.92 Å². The van der Waals surface area contributed by atoms with Gasteiger partial charge in [-0.2, -0.15) is 0 Å². The monoisotopic (exact) mass is 578 g/mol. The third-order valence-electron chi connectivity index (χ3n) is 6.01. The van der Waals surface area contributed by atoms with Crippen LogP contribution in [-0.4, -0.2) is 52.4 Å². The number of ether oxygens (including phenoxy) is 4. The summed E-state index contributed by atoms with van der Waals surface area (Å²) in [5.41, 5.74) is -1.50. The minimum Gasteiger partial charge on any atom is -0.508 e. The molecule has 9 heteroatoms. The molecule has 1 N–H and O–H groups in total. The predicted molar refractivity (Wildman–Crippen MR) is 155 cm³/mol. The largest absolute Gasteiger partial charge is 0.508 e. The minimum absolute atomic E-state index is 0.0645. The summed E-state index contributed by atoms with van der Waals surface area (Å²) in [5.74, 6) is -5.42. The average molecular weight is 579 g/mol. The van der Waals surface area contributed by atoms with Crippen molar-refractivity contribution >= 4 is 23.9 Å². The normalized spacial score (nSPS) is 14.5. The van der Waals surface area contributed by atoms with Crippen molar-refractivity contribution in [2.75, 3.05) is 6.61 Å². The molecule has 0 heterocycles. The fraction of sp³-hybridized carbons (Fsp3) is 0.688. The van der Waals surface area contributed by atoms with Gasteiger partial charge in [-0.25, -0.2) is 0 Å². The molecule has 0 aliphatic heterocycles. The zero-order valence-electron chi connectivity index (χ0n) is 26.7. The standard InChI is InChI=1S/C32H50O9/c1-12-21(26(34)38-19-25(28(36)40-31(6,7)8)29(37)41-32(9,10)11)18-23(27(35)39-30(3,4)5)17-20(2)22-13-15-24(33)16-14-22/h13-16,20-21,23,25,33H,12,17-19H2,1-11H3. The molecule has 0 bridgehead atoms. The number of phenolic OH excluding ortho intramolecular Hbond substituents is 1. The van der Waals surface area contributed by atoms with Crippen LogP contribution in [0.1, 0.15) is 107 Å². The molecule has 0 fully saturated rings. The highest BCUT2D eigenvalue weighted by molar-refractivity contribution is 5.95. The van der Waals surface area contributed by atoms with Crippen molar-refractivity contribution in [1.82, 2.24) is 0 Å². The van der Waals surface area contributed by atoms with Gasteiger partial charge in [0.05, 0.1) is 11.8 Å². The lowest BCUT2D eigenvalue weighted by Gasteiger charge is -2.28. The summed E-state index contributed by atoms with van der Waals surface area (Å²) >= 11 is 0. The molecular weight excluding hydrogens is 528 g/mol. The van der Waals surface area contributed by atoms with Gasteiger partial charge in [0.15, 0.2) is 5.92 Å². The molecule has 1 aromatic carbocycles.